The van der Waals surface area contributed by atoms with Gasteiger partial charge in [-0.1, -0.05) is 89.8 Å². The van der Waals surface area contributed by atoms with Gasteiger partial charge in [0.05, 0.1) is 11.5 Å². The van der Waals surface area contributed by atoms with E-state index in [0.717, 1.165) is 45.9 Å². The Kier molecular flexibility index (Phi) is 14.9. The van der Waals surface area contributed by atoms with Gasteiger partial charge in [-0.3, -0.25) is 9.59 Å². The van der Waals surface area contributed by atoms with E-state index in [1.54, 1.807) is 24.7 Å². The van der Waals surface area contributed by atoms with E-state index in [2.05, 4.69) is 64.6 Å². The number of thiophene rings is 1. The van der Waals surface area contributed by atoms with Crippen molar-refractivity contribution in [1.82, 2.24) is 20.2 Å². The number of piperazine rings is 1. The lowest BCUT2D eigenvalue weighted by atomic mass is 9.95. The minimum atomic E-state index is -0.753. The Hall–Kier alpha value is -5.16. The van der Waals surface area contributed by atoms with E-state index in [-0.39, 0.29) is 17.2 Å². The SMILES string of the molecule is C=N/C(=N\C=C(/C)c1ccc(OCCCCCCC)cc1)c1ccc(C[C@H](NC(=O)c2ccc(C(C)(C)C)s2)C(=O)N2CCN(c3ncccn3)CC2)cc1. The Labute approximate surface area is 330 Å². The molecule has 0 unspecified atom stereocenters. The number of rotatable bonds is 16. The number of nitrogens with zero attached hydrogens (tertiary/aromatic N) is 6. The standard InChI is InChI=1S/C44H55N7O3S/c1-7-8-9-10-11-29-54-36-19-17-34(18-20-36)32(2)31-48-40(45-6)35-15-13-33(14-16-35)30-37(49-41(52)38-21-22-39(55-38)44(3,4)5)42(53)50-25-27-51(28-26-50)43-46-23-12-24-47-43/h12-24,31,37H,6-11,25-30H2,1-5H3,(H,49,52)/b32-31+,48-40-/t37-/m0/s1. The first kappa shape index (κ1) is 41.0. The van der Waals surface area contributed by atoms with Crippen LogP contribution in [0, 0.1) is 0 Å². The molecule has 2 aromatic heterocycles. The van der Waals surface area contributed by atoms with Crippen LogP contribution in [0.4, 0.5) is 5.95 Å². The minimum Gasteiger partial charge on any atom is -0.494 e. The fraction of sp³-hybridized carbons (Fsp3) is 0.409. The topological polar surface area (TPSA) is 112 Å². The summed E-state index contributed by atoms with van der Waals surface area (Å²) in [5.41, 5.74) is 3.65. The molecule has 1 saturated heterocycles. The number of allylic oxidation sites excluding steroid dienone is 1. The van der Waals surface area contributed by atoms with Crippen LogP contribution in [0.2, 0.25) is 0 Å². The molecule has 3 heterocycles. The van der Waals surface area contributed by atoms with Crippen molar-refractivity contribution in [2.24, 2.45) is 9.98 Å². The smallest absolute Gasteiger partial charge is 0.262 e. The number of aromatic nitrogens is 2. The second-order valence-electron chi connectivity index (χ2n) is 14.9. The number of nitrogens with one attached hydrogen (secondary N) is 1. The van der Waals surface area contributed by atoms with E-state index in [9.17, 15) is 9.59 Å². The van der Waals surface area contributed by atoms with Crippen LogP contribution in [0.25, 0.3) is 5.57 Å². The van der Waals surface area contributed by atoms with E-state index in [1.807, 2.05) is 72.5 Å². The lowest BCUT2D eigenvalue weighted by Gasteiger charge is -2.36. The highest BCUT2D eigenvalue weighted by Crippen LogP contribution is 2.29. The summed E-state index contributed by atoms with van der Waals surface area (Å²) < 4.78 is 5.92. The van der Waals surface area contributed by atoms with Crippen molar-refractivity contribution < 1.29 is 14.3 Å². The van der Waals surface area contributed by atoms with Gasteiger partial charge in [0.15, 0.2) is 5.84 Å². The molecule has 2 amide bonds. The minimum absolute atomic E-state index is 0.0764. The molecule has 0 aliphatic carbocycles. The number of hydrogen-bond donors (Lipinski definition) is 1. The Morgan fingerprint density at radius 1 is 0.927 bits per heavy atom. The van der Waals surface area contributed by atoms with Crippen LogP contribution in [0.1, 0.15) is 98.0 Å². The summed E-state index contributed by atoms with van der Waals surface area (Å²) in [5, 5.41) is 3.08. The summed E-state index contributed by atoms with van der Waals surface area (Å²) in [4.78, 5) is 50.8. The number of aliphatic imine (C=N–C) groups is 2. The van der Waals surface area contributed by atoms with Crippen molar-refractivity contribution in [2.75, 3.05) is 37.7 Å². The zero-order valence-corrected chi connectivity index (χ0v) is 33.8. The van der Waals surface area contributed by atoms with Crippen LogP contribution in [0.3, 0.4) is 0 Å². The third-order valence-electron chi connectivity index (χ3n) is 9.61. The lowest BCUT2D eigenvalue weighted by Crippen LogP contribution is -2.55. The van der Waals surface area contributed by atoms with Gasteiger partial charge in [-0.15, -0.1) is 11.3 Å². The Morgan fingerprint density at radius 2 is 1.60 bits per heavy atom. The summed E-state index contributed by atoms with van der Waals surface area (Å²) in [5.74, 6) is 1.64. The number of ether oxygens (including phenoxy) is 1. The van der Waals surface area contributed by atoms with Crippen LogP contribution < -0.4 is 15.0 Å². The van der Waals surface area contributed by atoms with Gasteiger partial charge in [0.25, 0.3) is 5.91 Å². The Morgan fingerprint density at radius 3 is 2.24 bits per heavy atom. The molecule has 11 heteroatoms. The maximum absolute atomic E-state index is 14.1. The predicted molar refractivity (Wildman–Crippen MR) is 226 cm³/mol. The van der Waals surface area contributed by atoms with E-state index < -0.39 is 6.04 Å². The third-order valence-corrected chi connectivity index (χ3v) is 11.1. The average molecular weight is 762 g/mol. The molecule has 0 spiro atoms. The molecular formula is C44H55N7O3S. The number of amidine groups is 1. The summed E-state index contributed by atoms with van der Waals surface area (Å²) in [6, 6.07) is 20.7. The molecule has 1 aliphatic heterocycles. The molecule has 0 bridgehead atoms. The highest BCUT2D eigenvalue weighted by atomic mass is 32.1. The van der Waals surface area contributed by atoms with Crippen LogP contribution >= 0.6 is 11.3 Å². The molecule has 1 aliphatic rings. The normalized spacial score (nSPS) is 14.4. The summed E-state index contributed by atoms with van der Waals surface area (Å²) in [7, 11) is 0. The van der Waals surface area contributed by atoms with E-state index in [4.69, 9.17) is 4.74 Å². The fourth-order valence-corrected chi connectivity index (χ4v) is 7.24. The maximum atomic E-state index is 14.1. The van der Waals surface area contributed by atoms with Gasteiger partial charge in [-0.2, -0.15) is 0 Å². The second-order valence-corrected chi connectivity index (χ2v) is 16.0. The number of hydrogen-bond acceptors (Lipinski definition) is 8. The van der Waals surface area contributed by atoms with Gasteiger partial charge in [0, 0.05) is 61.6 Å². The predicted octanol–water partition coefficient (Wildman–Crippen LogP) is 8.38. The number of anilines is 1. The van der Waals surface area contributed by atoms with Crippen LogP contribution in [-0.4, -0.2) is 78.1 Å². The maximum Gasteiger partial charge on any atom is 0.262 e. The highest BCUT2D eigenvalue weighted by molar-refractivity contribution is 7.14. The van der Waals surface area contributed by atoms with Crippen LogP contribution in [0.5, 0.6) is 5.75 Å². The van der Waals surface area contributed by atoms with Crippen molar-refractivity contribution in [1.29, 1.82) is 0 Å². The van der Waals surface area contributed by atoms with Gasteiger partial charge < -0.3 is 19.9 Å². The van der Waals surface area contributed by atoms with Crippen LogP contribution in [-0.2, 0) is 16.6 Å². The first-order valence-corrected chi connectivity index (χ1v) is 20.1. The highest BCUT2D eigenvalue weighted by Gasteiger charge is 2.30. The van der Waals surface area contributed by atoms with Crippen molar-refractivity contribution in [3.05, 3.63) is 112 Å². The molecule has 5 rings (SSSR count). The summed E-state index contributed by atoms with van der Waals surface area (Å²) >= 11 is 1.46. The quantitative estimate of drug-likeness (QED) is 0.0698. The van der Waals surface area contributed by atoms with Gasteiger partial charge in [-0.05, 0) is 72.5 Å². The monoisotopic (exact) mass is 761 g/mol. The number of unbranched alkanes of at least 4 members (excludes halogenated alkanes) is 4. The first-order valence-electron chi connectivity index (χ1n) is 19.3. The molecule has 4 aromatic rings. The molecule has 1 N–H and O–H groups in total. The largest absolute Gasteiger partial charge is 0.494 e. The third kappa shape index (κ3) is 11.9. The van der Waals surface area contributed by atoms with Crippen molar-refractivity contribution >= 4 is 47.2 Å². The molecule has 0 radical (unpaired) electrons. The van der Waals surface area contributed by atoms with E-state index in [0.29, 0.717) is 49.3 Å². The molecule has 0 saturated carbocycles. The van der Waals surface area contributed by atoms with Gasteiger partial charge in [-0.25, -0.2) is 20.0 Å². The molecule has 55 heavy (non-hydrogen) atoms. The number of carbonyl (C=O) groups excluding carboxylic acids is 2. The van der Waals surface area contributed by atoms with Crippen molar-refractivity contribution in [3.63, 3.8) is 0 Å². The average Bonchev–Trinajstić information content (AvgIpc) is 3.72. The number of benzene rings is 2. The van der Waals surface area contributed by atoms with Crippen molar-refractivity contribution in [2.45, 2.75) is 84.6 Å². The number of amides is 2. The van der Waals surface area contributed by atoms with Gasteiger partial charge in [0.1, 0.15) is 11.8 Å². The van der Waals surface area contributed by atoms with Crippen molar-refractivity contribution in [3.8, 4) is 5.75 Å². The Bertz CT molecular complexity index is 1910. The zero-order valence-electron chi connectivity index (χ0n) is 33.0. The summed E-state index contributed by atoms with van der Waals surface area (Å²) in [6.07, 6.45) is 11.6. The van der Waals surface area contributed by atoms with Gasteiger partial charge in [0.2, 0.25) is 11.9 Å². The molecule has 10 nitrogen and oxygen atoms in total. The summed E-state index contributed by atoms with van der Waals surface area (Å²) in [6.45, 7) is 17.3. The zero-order chi connectivity index (χ0) is 39.2. The van der Waals surface area contributed by atoms with Crippen LogP contribution in [0.15, 0.2) is 95.3 Å². The van der Waals surface area contributed by atoms with E-state index >= 15 is 0 Å². The Balaban J connectivity index is 1.25. The first-order chi connectivity index (χ1) is 26.5. The molecule has 1 fully saturated rings. The fourth-order valence-electron chi connectivity index (χ4n) is 6.27. The second kappa shape index (κ2) is 20.0. The van der Waals surface area contributed by atoms with Gasteiger partial charge >= 0.3 is 0 Å². The number of carbonyl (C=O) groups is 2. The van der Waals surface area contributed by atoms with E-state index in [1.165, 1.54) is 37.0 Å². The molecule has 1 atom stereocenters. The molecule has 2 aromatic carbocycles. The molecule has 290 valence electrons. The molecular weight excluding hydrogens is 707 g/mol. The lowest BCUT2D eigenvalue weighted by molar-refractivity contribution is -0.133.